The number of ether oxygens (including phenoxy) is 2. The summed E-state index contributed by atoms with van der Waals surface area (Å²) in [6.07, 6.45) is 4.30. The molecule has 0 atom stereocenters. The third kappa shape index (κ3) is 3.80. The number of benzene rings is 1. The van der Waals surface area contributed by atoms with Gasteiger partial charge >= 0.3 is 0 Å². The van der Waals surface area contributed by atoms with E-state index in [9.17, 15) is 0 Å². The summed E-state index contributed by atoms with van der Waals surface area (Å²) >= 11 is 0. The van der Waals surface area contributed by atoms with Gasteiger partial charge in [0.1, 0.15) is 11.5 Å². The van der Waals surface area contributed by atoms with E-state index in [1.54, 1.807) is 14.2 Å². The van der Waals surface area contributed by atoms with Gasteiger partial charge in [-0.05, 0) is 32.1 Å². The van der Waals surface area contributed by atoms with Crippen LogP contribution in [0.15, 0.2) is 24.4 Å². The standard InChI is InChI=1S/C17H25N3O2/c1-5-6-9-20(2)12-13-11-18-19-17(13)15-8-7-14(21-3)10-16(15)22-4/h7-8,10-11H,5-6,9,12H2,1-4H3,(H,18,19). The van der Waals surface area contributed by atoms with Crippen molar-refractivity contribution in [2.75, 3.05) is 27.8 Å². The molecule has 2 aromatic rings. The van der Waals surface area contributed by atoms with E-state index in [1.807, 2.05) is 24.4 Å². The van der Waals surface area contributed by atoms with Gasteiger partial charge in [0, 0.05) is 23.7 Å². The van der Waals surface area contributed by atoms with E-state index in [0.717, 1.165) is 35.8 Å². The number of aromatic nitrogens is 2. The van der Waals surface area contributed by atoms with Crippen molar-refractivity contribution in [2.45, 2.75) is 26.3 Å². The average molecular weight is 303 g/mol. The molecule has 0 unspecified atom stereocenters. The zero-order valence-corrected chi connectivity index (χ0v) is 13.8. The fraction of sp³-hybridized carbons (Fsp3) is 0.471. The van der Waals surface area contributed by atoms with Crippen LogP contribution in [0.1, 0.15) is 25.3 Å². The van der Waals surface area contributed by atoms with Gasteiger partial charge in [0.15, 0.2) is 0 Å². The Morgan fingerprint density at radius 3 is 2.73 bits per heavy atom. The van der Waals surface area contributed by atoms with Crippen LogP contribution in [0.4, 0.5) is 0 Å². The van der Waals surface area contributed by atoms with Gasteiger partial charge in [-0.2, -0.15) is 5.10 Å². The summed E-state index contributed by atoms with van der Waals surface area (Å²) in [5.74, 6) is 1.56. The first-order chi connectivity index (χ1) is 10.7. The summed E-state index contributed by atoms with van der Waals surface area (Å²) in [6, 6.07) is 5.82. The molecule has 1 N–H and O–H groups in total. The third-order valence-electron chi connectivity index (χ3n) is 3.73. The predicted molar refractivity (Wildman–Crippen MR) is 88.4 cm³/mol. The summed E-state index contributed by atoms with van der Waals surface area (Å²) in [7, 11) is 5.46. The van der Waals surface area contributed by atoms with Crippen molar-refractivity contribution < 1.29 is 9.47 Å². The van der Waals surface area contributed by atoms with Crippen LogP contribution in [-0.4, -0.2) is 42.9 Å². The maximum Gasteiger partial charge on any atom is 0.131 e. The molecule has 0 aliphatic heterocycles. The molecule has 22 heavy (non-hydrogen) atoms. The van der Waals surface area contributed by atoms with Crippen molar-refractivity contribution in [3.05, 3.63) is 30.0 Å². The second-order valence-electron chi connectivity index (χ2n) is 5.43. The number of H-pyrrole nitrogens is 1. The minimum Gasteiger partial charge on any atom is -0.497 e. The van der Waals surface area contributed by atoms with Gasteiger partial charge in [-0.15, -0.1) is 0 Å². The molecule has 1 heterocycles. The quantitative estimate of drug-likeness (QED) is 0.812. The highest BCUT2D eigenvalue weighted by Gasteiger charge is 2.14. The van der Waals surface area contributed by atoms with Crippen LogP contribution < -0.4 is 9.47 Å². The Labute approximate surface area is 132 Å². The predicted octanol–water partition coefficient (Wildman–Crippen LogP) is 3.33. The molecule has 120 valence electrons. The number of nitrogens with zero attached hydrogens (tertiary/aromatic N) is 2. The minimum absolute atomic E-state index is 0.779. The lowest BCUT2D eigenvalue weighted by Crippen LogP contribution is -2.19. The smallest absolute Gasteiger partial charge is 0.131 e. The number of aromatic amines is 1. The molecule has 0 saturated carbocycles. The Balaban J connectivity index is 2.25. The zero-order valence-electron chi connectivity index (χ0n) is 13.8. The molecule has 1 aromatic carbocycles. The largest absolute Gasteiger partial charge is 0.497 e. The maximum absolute atomic E-state index is 5.50. The van der Waals surface area contributed by atoms with Gasteiger partial charge in [0.05, 0.1) is 26.1 Å². The monoisotopic (exact) mass is 303 g/mol. The molecule has 0 fully saturated rings. The van der Waals surface area contributed by atoms with Crippen molar-refractivity contribution >= 4 is 0 Å². The Kier molecular flexibility index (Phi) is 5.83. The first-order valence-corrected chi connectivity index (χ1v) is 7.62. The zero-order chi connectivity index (χ0) is 15.9. The lowest BCUT2D eigenvalue weighted by Gasteiger charge is -2.17. The molecule has 0 bridgehead atoms. The number of rotatable bonds is 8. The molecule has 2 rings (SSSR count). The second kappa shape index (κ2) is 7.84. The van der Waals surface area contributed by atoms with Crippen molar-refractivity contribution in [3.63, 3.8) is 0 Å². The number of hydrogen-bond donors (Lipinski definition) is 1. The van der Waals surface area contributed by atoms with E-state index in [0.29, 0.717) is 0 Å². The van der Waals surface area contributed by atoms with E-state index < -0.39 is 0 Å². The van der Waals surface area contributed by atoms with Crippen molar-refractivity contribution in [1.82, 2.24) is 15.1 Å². The first kappa shape index (κ1) is 16.4. The first-order valence-electron chi connectivity index (χ1n) is 7.62. The summed E-state index contributed by atoms with van der Waals surface area (Å²) in [5, 5.41) is 7.31. The molecular weight excluding hydrogens is 278 g/mol. The van der Waals surface area contributed by atoms with Crippen molar-refractivity contribution in [2.24, 2.45) is 0 Å². The molecule has 5 nitrogen and oxygen atoms in total. The van der Waals surface area contributed by atoms with E-state index >= 15 is 0 Å². The number of unbranched alkanes of at least 4 members (excludes halogenated alkanes) is 1. The van der Waals surface area contributed by atoms with Crippen molar-refractivity contribution in [1.29, 1.82) is 0 Å². The van der Waals surface area contributed by atoms with Crippen LogP contribution in [0, 0.1) is 0 Å². The lowest BCUT2D eigenvalue weighted by molar-refractivity contribution is 0.321. The highest BCUT2D eigenvalue weighted by Crippen LogP contribution is 2.34. The second-order valence-corrected chi connectivity index (χ2v) is 5.43. The molecule has 0 spiro atoms. The molecular formula is C17H25N3O2. The van der Waals surface area contributed by atoms with Crippen LogP contribution in [0.5, 0.6) is 11.5 Å². The molecule has 0 aliphatic rings. The molecule has 1 aromatic heterocycles. The van der Waals surface area contributed by atoms with Crippen LogP contribution in [0.2, 0.25) is 0 Å². The Morgan fingerprint density at radius 2 is 2.05 bits per heavy atom. The van der Waals surface area contributed by atoms with Gasteiger partial charge in [0.25, 0.3) is 0 Å². The van der Waals surface area contributed by atoms with E-state index in [-0.39, 0.29) is 0 Å². The molecule has 0 aliphatic carbocycles. The molecule has 5 heteroatoms. The van der Waals surface area contributed by atoms with E-state index in [4.69, 9.17) is 9.47 Å². The van der Waals surface area contributed by atoms with E-state index in [1.165, 1.54) is 18.4 Å². The fourth-order valence-electron chi connectivity index (χ4n) is 2.47. The van der Waals surface area contributed by atoms with Crippen LogP contribution in [0.3, 0.4) is 0 Å². The number of nitrogens with one attached hydrogen (secondary N) is 1. The Bertz CT molecular complexity index is 595. The minimum atomic E-state index is 0.779. The topological polar surface area (TPSA) is 50.4 Å². The Hall–Kier alpha value is -2.01. The van der Waals surface area contributed by atoms with Crippen LogP contribution in [-0.2, 0) is 6.54 Å². The van der Waals surface area contributed by atoms with Crippen molar-refractivity contribution in [3.8, 4) is 22.8 Å². The number of hydrogen-bond acceptors (Lipinski definition) is 4. The van der Waals surface area contributed by atoms with E-state index in [2.05, 4.69) is 29.1 Å². The summed E-state index contributed by atoms with van der Waals surface area (Å²) in [5.41, 5.74) is 3.17. The summed E-state index contributed by atoms with van der Waals surface area (Å²) < 4.78 is 10.7. The van der Waals surface area contributed by atoms with Gasteiger partial charge in [-0.1, -0.05) is 13.3 Å². The van der Waals surface area contributed by atoms with Gasteiger partial charge in [0.2, 0.25) is 0 Å². The normalized spacial score (nSPS) is 11.0. The summed E-state index contributed by atoms with van der Waals surface area (Å²) in [6.45, 7) is 4.15. The average Bonchev–Trinajstić information content (AvgIpc) is 3.00. The molecule has 0 amide bonds. The maximum atomic E-state index is 5.50. The Morgan fingerprint density at radius 1 is 1.23 bits per heavy atom. The summed E-state index contributed by atoms with van der Waals surface area (Å²) in [4.78, 5) is 2.31. The highest BCUT2D eigenvalue weighted by molar-refractivity contribution is 5.70. The molecule has 0 radical (unpaired) electrons. The SMILES string of the molecule is CCCCN(C)Cc1cn[nH]c1-c1ccc(OC)cc1OC. The van der Waals surface area contributed by atoms with Gasteiger partial charge in [-0.25, -0.2) is 0 Å². The number of methoxy groups -OCH3 is 2. The lowest BCUT2D eigenvalue weighted by atomic mass is 10.1. The van der Waals surface area contributed by atoms with Crippen LogP contribution in [0.25, 0.3) is 11.3 Å². The molecule has 0 saturated heterocycles. The third-order valence-corrected chi connectivity index (χ3v) is 3.73. The van der Waals surface area contributed by atoms with Crippen LogP contribution >= 0.6 is 0 Å². The highest BCUT2D eigenvalue weighted by atomic mass is 16.5. The fourth-order valence-corrected chi connectivity index (χ4v) is 2.47. The van der Waals surface area contributed by atoms with Gasteiger partial charge < -0.3 is 14.4 Å². The van der Waals surface area contributed by atoms with Gasteiger partial charge in [-0.3, -0.25) is 5.10 Å².